The zero-order valence-corrected chi connectivity index (χ0v) is 14.8. The molecule has 0 radical (unpaired) electrons. The van der Waals surface area contributed by atoms with E-state index < -0.39 is 18.1 Å². The van der Waals surface area contributed by atoms with E-state index in [1.54, 1.807) is 25.1 Å². The molecule has 2 aromatic carbocycles. The van der Waals surface area contributed by atoms with Gasteiger partial charge in [-0.25, -0.2) is 15.0 Å². The molecule has 8 nitrogen and oxygen atoms in total. The summed E-state index contributed by atoms with van der Waals surface area (Å²) in [5, 5.41) is 0. The topological polar surface area (TPSA) is 95.1 Å². The predicted molar refractivity (Wildman–Crippen MR) is 94.8 cm³/mol. The zero-order valence-electron chi connectivity index (χ0n) is 14.8. The van der Waals surface area contributed by atoms with Crippen LogP contribution in [-0.2, 0) is 20.9 Å². The smallest absolute Gasteiger partial charge is 0.421 e. The van der Waals surface area contributed by atoms with Gasteiger partial charge < -0.3 is 18.9 Å². The molecule has 1 atom stereocenters. The highest BCUT2D eigenvalue weighted by molar-refractivity contribution is 5.78. The van der Waals surface area contributed by atoms with Crippen molar-refractivity contribution in [2.45, 2.75) is 19.6 Å². The Balaban J connectivity index is 1.61. The molecule has 0 saturated heterocycles. The van der Waals surface area contributed by atoms with Gasteiger partial charge >= 0.3 is 12.1 Å². The quantitative estimate of drug-likeness (QED) is 0.569. The number of ether oxygens (including phenoxy) is 4. The van der Waals surface area contributed by atoms with Crippen LogP contribution in [0.1, 0.15) is 24.1 Å². The molecule has 0 unspecified atom stereocenters. The SMILES string of the molecule is CCOC(=O)[C@@H](NNC(=O)OCc1ccccc1)c1ccc2c(c1)OCO2. The first kappa shape index (κ1) is 18.5. The lowest BCUT2D eigenvalue weighted by atomic mass is 10.1. The Bertz CT molecular complexity index is 796. The molecule has 1 aliphatic rings. The number of nitrogens with one attached hydrogen (secondary N) is 2. The summed E-state index contributed by atoms with van der Waals surface area (Å²) in [6.07, 6.45) is -0.714. The monoisotopic (exact) mass is 372 g/mol. The Morgan fingerprint density at radius 1 is 1.07 bits per heavy atom. The first-order valence-corrected chi connectivity index (χ1v) is 8.45. The molecule has 8 heteroatoms. The lowest BCUT2D eigenvalue weighted by Gasteiger charge is -2.18. The maximum Gasteiger partial charge on any atom is 0.421 e. The van der Waals surface area contributed by atoms with Crippen molar-refractivity contribution < 1.29 is 28.5 Å². The molecule has 2 aromatic rings. The van der Waals surface area contributed by atoms with Crippen LogP contribution in [0.2, 0.25) is 0 Å². The largest absolute Gasteiger partial charge is 0.465 e. The normalized spacial score (nSPS) is 12.9. The van der Waals surface area contributed by atoms with Crippen molar-refractivity contribution in [3.05, 3.63) is 59.7 Å². The second-order valence-electron chi connectivity index (χ2n) is 5.63. The van der Waals surface area contributed by atoms with E-state index in [-0.39, 0.29) is 20.0 Å². The first-order valence-electron chi connectivity index (χ1n) is 8.45. The molecule has 1 amide bonds. The number of carbonyl (C=O) groups is 2. The highest BCUT2D eigenvalue weighted by Gasteiger charge is 2.25. The highest BCUT2D eigenvalue weighted by atomic mass is 16.7. The van der Waals surface area contributed by atoms with Gasteiger partial charge in [0.15, 0.2) is 11.5 Å². The molecule has 3 rings (SSSR count). The number of rotatable bonds is 7. The lowest BCUT2D eigenvalue weighted by Crippen LogP contribution is -2.43. The van der Waals surface area contributed by atoms with Gasteiger partial charge in [0.1, 0.15) is 12.6 Å². The molecule has 0 aromatic heterocycles. The Labute approximate surface area is 156 Å². The lowest BCUT2D eigenvalue weighted by molar-refractivity contribution is -0.146. The minimum absolute atomic E-state index is 0.114. The van der Waals surface area contributed by atoms with Crippen LogP contribution in [0.25, 0.3) is 0 Å². The fourth-order valence-corrected chi connectivity index (χ4v) is 2.49. The summed E-state index contributed by atoms with van der Waals surface area (Å²) in [5.41, 5.74) is 6.44. The van der Waals surface area contributed by atoms with Gasteiger partial charge in [0.2, 0.25) is 6.79 Å². The van der Waals surface area contributed by atoms with Gasteiger partial charge in [-0.05, 0) is 30.2 Å². The Kier molecular flexibility index (Phi) is 6.11. The average Bonchev–Trinajstić information content (AvgIpc) is 3.15. The number of hydrogen-bond donors (Lipinski definition) is 2. The third kappa shape index (κ3) is 4.89. The average molecular weight is 372 g/mol. The number of benzene rings is 2. The second kappa shape index (κ2) is 8.91. The van der Waals surface area contributed by atoms with Gasteiger partial charge in [0.05, 0.1) is 6.61 Å². The van der Waals surface area contributed by atoms with E-state index in [2.05, 4.69) is 10.9 Å². The van der Waals surface area contributed by atoms with E-state index in [0.29, 0.717) is 17.1 Å². The van der Waals surface area contributed by atoms with Gasteiger partial charge in [-0.3, -0.25) is 5.43 Å². The van der Waals surface area contributed by atoms with E-state index in [1.165, 1.54) is 0 Å². The number of hydrazine groups is 1. The third-order valence-corrected chi connectivity index (χ3v) is 3.78. The van der Waals surface area contributed by atoms with Crippen LogP contribution in [-0.4, -0.2) is 25.5 Å². The number of carbonyl (C=O) groups excluding carboxylic acids is 2. The van der Waals surface area contributed by atoms with Crippen LogP contribution in [0.15, 0.2) is 48.5 Å². The summed E-state index contributed by atoms with van der Waals surface area (Å²) in [6, 6.07) is 13.4. The summed E-state index contributed by atoms with van der Waals surface area (Å²) >= 11 is 0. The molecule has 0 aliphatic carbocycles. The summed E-state index contributed by atoms with van der Waals surface area (Å²) in [6.45, 7) is 2.15. The van der Waals surface area contributed by atoms with E-state index in [9.17, 15) is 9.59 Å². The van der Waals surface area contributed by atoms with Crippen molar-refractivity contribution in [2.75, 3.05) is 13.4 Å². The second-order valence-corrected chi connectivity index (χ2v) is 5.63. The van der Waals surface area contributed by atoms with Crippen molar-refractivity contribution in [1.29, 1.82) is 0 Å². The maximum absolute atomic E-state index is 12.3. The minimum atomic E-state index is -0.927. The van der Waals surface area contributed by atoms with Crippen molar-refractivity contribution in [1.82, 2.24) is 10.9 Å². The van der Waals surface area contributed by atoms with Crippen molar-refractivity contribution in [2.24, 2.45) is 0 Å². The van der Waals surface area contributed by atoms with E-state index in [1.807, 2.05) is 30.3 Å². The van der Waals surface area contributed by atoms with Gasteiger partial charge in [-0.1, -0.05) is 36.4 Å². The van der Waals surface area contributed by atoms with Gasteiger partial charge in [-0.2, -0.15) is 0 Å². The molecule has 1 heterocycles. The van der Waals surface area contributed by atoms with Gasteiger partial charge in [0, 0.05) is 0 Å². The molecule has 0 spiro atoms. The highest BCUT2D eigenvalue weighted by Crippen LogP contribution is 2.34. The van der Waals surface area contributed by atoms with Crippen LogP contribution in [0.3, 0.4) is 0 Å². The summed E-state index contributed by atoms with van der Waals surface area (Å²) in [5.74, 6) is 0.576. The van der Waals surface area contributed by atoms with Crippen molar-refractivity contribution in [3.63, 3.8) is 0 Å². The van der Waals surface area contributed by atoms with Crippen molar-refractivity contribution >= 4 is 12.1 Å². The molecule has 0 fully saturated rings. The number of fused-ring (bicyclic) bond motifs is 1. The molecular formula is C19H20N2O6. The maximum atomic E-state index is 12.3. The summed E-state index contributed by atoms with van der Waals surface area (Å²) < 4.78 is 20.8. The Hall–Kier alpha value is -3.26. The molecule has 0 bridgehead atoms. The zero-order chi connectivity index (χ0) is 19.1. The predicted octanol–water partition coefficient (Wildman–Crippen LogP) is 2.45. The standard InChI is InChI=1S/C19H20N2O6/c1-2-24-18(22)17(14-8-9-15-16(10-14)27-12-26-15)20-21-19(23)25-11-13-6-4-3-5-7-13/h3-10,17,20H,2,11-12H2,1H3,(H,21,23)/t17-/m0/s1. The van der Waals surface area contributed by atoms with Crippen LogP contribution < -0.4 is 20.3 Å². The molecular weight excluding hydrogens is 352 g/mol. The molecule has 27 heavy (non-hydrogen) atoms. The fourth-order valence-electron chi connectivity index (χ4n) is 2.49. The third-order valence-electron chi connectivity index (χ3n) is 3.78. The van der Waals surface area contributed by atoms with E-state index in [4.69, 9.17) is 18.9 Å². The molecule has 142 valence electrons. The molecule has 0 saturated carbocycles. The van der Waals surface area contributed by atoms with Gasteiger partial charge in [-0.15, -0.1) is 0 Å². The molecule has 1 aliphatic heterocycles. The Morgan fingerprint density at radius 2 is 1.85 bits per heavy atom. The van der Waals surface area contributed by atoms with E-state index in [0.717, 1.165) is 5.56 Å². The number of esters is 1. The summed E-state index contributed by atoms with van der Waals surface area (Å²) in [4.78, 5) is 24.2. The van der Waals surface area contributed by atoms with Crippen LogP contribution in [0, 0.1) is 0 Å². The van der Waals surface area contributed by atoms with E-state index >= 15 is 0 Å². The van der Waals surface area contributed by atoms with Crippen molar-refractivity contribution in [3.8, 4) is 11.5 Å². The minimum Gasteiger partial charge on any atom is -0.465 e. The molecule has 2 N–H and O–H groups in total. The van der Waals surface area contributed by atoms with Crippen LogP contribution >= 0.6 is 0 Å². The number of amides is 1. The Morgan fingerprint density at radius 3 is 2.63 bits per heavy atom. The first-order chi connectivity index (χ1) is 13.2. The summed E-state index contributed by atoms with van der Waals surface area (Å²) in [7, 11) is 0. The van der Waals surface area contributed by atoms with Gasteiger partial charge in [0.25, 0.3) is 0 Å². The van der Waals surface area contributed by atoms with Crippen LogP contribution in [0.5, 0.6) is 11.5 Å². The number of hydrogen-bond acceptors (Lipinski definition) is 7. The van der Waals surface area contributed by atoms with Crippen LogP contribution in [0.4, 0.5) is 4.79 Å². The fraction of sp³-hybridized carbons (Fsp3) is 0.263.